The fraction of sp³-hybridized carbons (Fsp3) is 0.300. The third-order valence-corrected chi connectivity index (χ3v) is 4.89. The summed E-state index contributed by atoms with van der Waals surface area (Å²) in [6.45, 7) is 4.59. The highest BCUT2D eigenvalue weighted by Gasteiger charge is 2.21. The standard InChI is InChI=1S/C20H21N3O2/c1-14-12-22(11-10-21-14)19(24)13-23-17-8-4-2-6-15(17)20(25)16-7-3-5-9-18(16)23/h2-9,14,21H,10-13H2,1H3. The van der Waals surface area contributed by atoms with Gasteiger partial charge in [0.15, 0.2) is 5.43 Å². The zero-order valence-electron chi connectivity index (χ0n) is 14.2. The molecule has 1 amide bonds. The van der Waals surface area contributed by atoms with Gasteiger partial charge in [-0.15, -0.1) is 0 Å². The molecule has 1 aliphatic rings. The Morgan fingerprint density at radius 2 is 1.68 bits per heavy atom. The third-order valence-electron chi connectivity index (χ3n) is 4.89. The van der Waals surface area contributed by atoms with Gasteiger partial charge >= 0.3 is 0 Å². The number of nitrogens with one attached hydrogen (secondary N) is 1. The van der Waals surface area contributed by atoms with Gasteiger partial charge in [0, 0.05) is 36.4 Å². The molecule has 3 aromatic rings. The van der Waals surface area contributed by atoms with Gasteiger partial charge in [0.05, 0.1) is 11.0 Å². The minimum absolute atomic E-state index is 0.0192. The Morgan fingerprint density at radius 3 is 2.28 bits per heavy atom. The van der Waals surface area contributed by atoms with E-state index < -0.39 is 0 Å². The lowest BCUT2D eigenvalue weighted by Crippen LogP contribution is -2.52. The second-order valence-electron chi connectivity index (χ2n) is 6.64. The van der Waals surface area contributed by atoms with E-state index in [-0.39, 0.29) is 17.9 Å². The monoisotopic (exact) mass is 335 g/mol. The molecule has 0 saturated carbocycles. The number of rotatable bonds is 2. The van der Waals surface area contributed by atoms with Crippen LogP contribution < -0.4 is 10.7 Å². The van der Waals surface area contributed by atoms with Crippen molar-refractivity contribution in [3.63, 3.8) is 0 Å². The molecule has 0 spiro atoms. The van der Waals surface area contributed by atoms with E-state index in [1.807, 2.05) is 58.0 Å². The number of amides is 1. The minimum Gasteiger partial charge on any atom is -0.338 e. The summed E-state index contributed by atoms with van der Waals surface area (Å²) in [4.78, 5) is 27.5. The number of aromatic nitrogens is 1. The highest BCUT2D eigenvalue weighted by Crippen LogP contribution is 2.19. The van der Waals surface area contributed by atoms with E-state index in [1.54, 1.807) is 0 Å². The van der Waals surface area contributed by atoms with Crippen molar-refractivity contribution >= 4 is 27.7 Å². The molecule has 0 bridgehead atoms. The summed E-state index contributed by atoms with van der Waals surface area (Å²) in [6.07, 6.45) is 0. The fourth-order valence-corrected chi connectivity index (χ4v) is 3.64. The van der Waals surface area contributed by atoms with Crippen LogP contribution in [0, 0.1) is 0 Å². The smallest absolute Gasteiger partial charge is 0.242 e. The van der Waals surface area contributed by atoms with Crippen LogP contribution in [0.5, 0.6) is 0 Å². The Morgan fingerprint density at radius 1 is 1.08 bits per heavy atom. The van der Waals surface area contributed by atoms with Gasteiger partial charge in [0.25, 0.3) is 0 Å². The first-order valence-corrected chi connectivity index (χ1v) is 8.66. The summed E-state index contributed by atoms with van der Waals surface area (Å²) < 4.78 is 1.97. The molecule has 1 aliphatic heterocycles. The van der Waals surface area contributed by atoms with Crippen LogP contribution >= 0.6 is 0 Å². The molecule has 1 unspecified atom stereocenters. The number of carbonyl (C=O) groups is 1. The molecular weight excluding hydrogens is 314 g/mol. The molecule has 5 heteroatoms. The van der Waals surface area contributed by atoms with Gasteiger partial charge in [0.1, 0.15) is 6.54 Å². The van der Waals surface area contributed by atoms with E-state index in [4.69, 9.17) is 0 Å². The van der Waals surface area contributed by atoms with Gasteiger partial charge in [-0.1, -0.05) is 24.3 Å². The van der Waals surface area contributed by atoms with Gasteiger partial charge in [-0.3, -0.25) is 9.59 Å². The maximum Gasteiger partial charge on any atom is 0.242 e. The Kier molecular flexibility index (Phi) is 4.01. The number of hydrogen-bond donors (Lipinski definition) is 1. The summed E-state index contributed by atoms with van der Waals surface area (Å²) in [5.74, 6) is 0.0901. The molecule has 0 aliphatic carbocycles. The average molecular weight is 335 g/mol. The second-order valence-corrected chi connectivity index (χ2v) is 6.64. The molecule has 1 aromatic heterocycles. The van der Waals surface area contributed by atoms with Crippen LogP contribution in [0.1, 0.15) is 6.92 Å². The Labute approximate surface area is 145 Å². The highest BCUT2D eigenvalue weighted by molar-refractivity contribution is 5.94. The minimum atomic E-state index is 0.0192. The van der Waals surface area contributed by atoms with Crippen molar-refractivity contribution in [2.75, 3.05) is 19.6 Å². The molecule has 5 nitrogen and oxygen atoms in total. The first-order valence-electron chi connectivity index (χ1n) is 8.66. The van der Waals surface area contributed by atoms with E-state index in [1.165, 1.54) is 0 Å². The molecule has 1 atom stereocenters. The van der Waals surface area contributed by atoms with Gasteiger partial charge < -0.3 is 14.8 Å². The van der Waals surface area contributed by atoms with Crippen LogP contribution in [-0.2, 0) is 11.3 Å². The van der Waals surface area contributed by atoms with E-state index in [9.17, 15) is 9.59 Å². The van der Waals surface area contributed by atoms with Crippen molar-refractivity contribution in [2.45, 2.75) is 19.5 Å². The summed E-state index contributed by atoms with van der Waals surface area (Å²) in [5, 5.41) is 4.67. The first-order chi connectivity index (χ1) is 12.1. The van der Waals surface area contributed by atoms with Crippen molar-refractivity contribution < 1.29 is 4.79 Å². The van der Waals surface area contributed by atoms with Crippen molar-refractivity contribution in [2.24, 2.45) is 0 Å². The van der Waals surface area contributed by atoms with Gasteiger partial charge in [0.2, 0.25) is 5.91 Å². The van der Waals surface area contributed by atoms with E-state index in [0.717, 1.165) is 30.7 Å². The van der Waals surface area contributed by atoms with E-state index >= 15 is 0 Å². The van der Waals surface area contributed by atoms with Gasteiger partial charge in [-0.25, -0.2) is 0 Å². The van der Waals surface area contributed by atoms with Crippen LogP contribution in [-0.4, -0.2) is 41.1 Å². The van der Waals surface area contributed by atoms with Crippen LogP contribution in [0.3, 0.4) is 0 Å². The van der Waals surface area contributed by atoms with Crippen molar-refractivity contribution in [1.29, 1.82) is 0 Å². The maximum atomic E-state index is 12.9. The fourth-order valence-electron chi connectivity index (χ4n) is 3.64. The maximum absolute atomic E-state index is 12.9. The van der Waals surface area contributed by atoms with Crippen molar-refractivity contribution in [3.05, 3.63) is 58.8 Å². The third kappa shape index (κ3) is 2.81. The van der Waals surface area contributed by atoms with Crippen LogP contribution in [0.4, 0.5) is 0 Å². The molecule has 128 valence electrons. The number of para-hydroxylation sites is 2. The average Bonchev–Trinajstić information content (AvgIpc) is 2.65. The van der Waals surface area contributed by atoms with Gasteiger partial charge in [-0.2, -0.15) is 0 Å². The lowest BCUT2D eigenvalue weighted by Gasteiger charge is -2.32. The number of pyridine rings is 1. The summed E-state index contributed by atoms with van der Waals surface area (Å²) >= 11 is 0. The normalized spacial score (nSPS) is 18.0. The number of carbonyl (C=O) groups excluding carboxylic acids is 1. The summed E-state index contributed by atoms with van der Waals surface area (Å²) in [7, 11) is 0. The van der Waals surface area contributed by atoms with Crippen LogP contribution in [0.15, 0.2) is 53.3 Å². The predicted octanol–water partition coefficient (Wildman–Crippen LogP) is 1.97. The molecule has 25 heavy (non-hydrogen) atoms. The quantitative estimate of drug-likeness (QED) is 0.729. The van der Waals surface area contributed by atoms with Gasteiger partial charge in [-0.05, 0) is 31.2 Å². The van der Waals surface area contributed by atoms with E-state index in [2.05, 4.69) is 12.2 Å². The molecule has 1 saturated heterocycles. The lowest BCUT2D eigenvalue weighted by molar-refractivity contribution is -0.132. The molecule has 1 N–H and O–H groups in total. The predicted molar refractivity (Wildman–Crippen MR) is 99.8 cm³/mol. The van der Waals surface area contributed by atoms with Crippen LogP contribution in [0.2, 0.25) is 0 Å². The molecule has 4 rings (SSSR count). The zero-order valence-corrected chi connectivity index (χ0v) is 14.2. The summed E-state index contributed by atoms with van der Waals surface area (Å²) in [5.41, 5.74) is 1.64. The van der Waals surface area contributed by atoms with E-state index in [0.29, 0.717) is 16.8 Å². The molecule has 2 heterocycles. The number of fused-ring (bicyclic) bond motifs is 2. The van der Waals surface area contributed by atoms with Crippen LogP contribution in [0.25, 0.3) is 21.8 Å². The zero-order chi connectivity index (χ0) is 17.4. The SMILES string of the molecule is CC1CN(C(=O)Cn2c3ccccc3c(=O)c3ccccc32)CCN1. The largest absolute Gasteiger partial charge is 0.338 e. The number of benzene rings is 2. The summed E-state index contributed by atoms with van der Waals surface area (Å²) in [6, 6.07) is 15.3. The molecular formula is C20H21N3O2. The highest BCUT2D eigenvalue weighted by atomic mass is 16.2. The number of nitrogens with zero attached hydrogens (tertiary/aromatic N) is 2. The number of piperazine rings is 1. The Balaban J connectivity index is 1.83. The Bertz CT molecular complexity index is 949. The molecule has 1 fully saturated rings. The topological polar surface area (TPSA) is 54.3 Å². The van der Waals surface area contributed by atoms with Crippen molar-refractivity contribution in [1.82, 2.24) is 14.8 Å². The molecule has 2 aromatic carbocycles. The Hall–Kier alpha value is -2.66. The molecule has 0 radical (unpaired) electrons. The number of hydrogen-bond acceptors (Lipinski definition) is 3. The first kappa shape index (κ1) is 15.8. The van der Waals surface area contributed by atoms with Crippen molar-refractivity contribution in [3.8, 4) is 0 Å². The second kappa shape index (κ2) is 6.33. The lowest BCUT2D eigenvalue weighted by atomic mass is 10.1.